The fourth-order valence-electron chi connectivity index (χ4n) is 4.63. The lowest BCUT2D eigenvalue weighted by Crippen LogP contribution is -2.09. The number of aromatic nitrogens is 7. The number of carbonyl (C=O) groups excluding carboxylic acids is 1. The normalized spacial score (nSPS) is 13.7. The van der Waals surface area contributed by atoms with E-state index >= 15 is 0 Å². The van der Waals surface area contributed by atoms with Gasteiger partial charge in [-0.25, -0.2) is 19.0 Å². The number of imidazole rings is 2. The minimum Gasteiger partial charge on any atom is -0.375 e. The van der Waals surface area contributed by atoms with E-state index in [1.54, 1.807) is 21.5 Å². The number of nitrogens with two attached hydrogens (primary N) is 1. The zero-order valence-electron chi connectivity index (χ0n) is 20.6. The van der Waals surface area contributed by atoms with Gasteiger partial charge >= 0.3 is 0 Å². The summed E-state index contributed by atoms with van der Waals surface area (Å²) in [6, 6.07) is 3.64. The van der Waals surface area contributed by atoms with Gasteiger partial charge in [0.1, 0.15) is 16.9 Å². The predicted octanol–water partition coefficient (Wildman–Crippen LogP) is 3.58. The maximum Gasteiger partial charge on any atom is 0.185 e. The van der Waals surface area contributed by atoms with Gasteiger partial charge in [-0.05, 0) is 42.9 Å². The molecule has 5 aromatic heterocycles. The van der Waals surface area contributed by atoms with Crippen LogP contribution in [0.1, 0.15) is 58.2 Å². The van der Waals surface area contributed by atoms with Gasteiger partial charge in [-0.2, -0.15) is 0 Å². The first kappa shape index (κ1) is 24.7. The molecule has 0 aromatic carbocycles. The van der Waals surface area contributed by atoms with Crippen LogP contribution in [0.25, 0.3) is 11.2 Å². The summed E-state index contributed by atoms with van der Waals surface area (Å²) in [6.07, 6.45) is 11.6. The summed E-state index contributed by atoms with van der Waals surface area (Å²) in [7, 11) is 0. The molecule has 0 spiro atoms. The molecule has 1 saturated carbocycles. The Morgan fingerprint density at radius 2 is 2.11 bits per heavy atom. The Hall–Kier alpha value is -3.67. The molecular formula is C26H26ClFN8O2. The quantitative estimate of drug-likeness (QED) is 0.202. The number of pyridine rings is 2. The standard InChI is InChI=1S/C26H26ClFN8O2/c27-20-5-7-34-15-30-21(25(34)24(20)28)3-4-23(37)22-13-36(33-32-22)12-19-11-35-10-17(16-1-2-16)9-18(26(35)31-19)14-38-8-6-29/h5,7,9-11,13,15-16H,1-4,6,8,12,14,29H2. The highest BCUT2D eigenvalue weighted by atomic mass is 35.5. The zero-order valence-corrected chi connectivity index (χ0v) is 21.3. The van der Waals surface area contributed by atoms with Crippen LogP contribution >= 0.6 is 11.6 Å². The summed E-state index contributed by atoms with van der Waals surface area (Å²) in [5.74, 6) is -0.162. The van der Waals surface area contributed by atoms with Gasteiger partial charge in [0.05, 0.1) is 48.7 Å². The second-order valence-corrected chi connectivity index (χ2v) is 9.93. The molecule has 1 fully saturated rings. The van der Waals surface area contributed by atoms with Crippen molar-refractivity contribution in [1.29, 1.82) is 0 Å². The number of nitrogens with zero attached hydrogens (tertiary/aromatic N) is 7. The Morgan fingerprint density at radius 3 is 2.92 bits per heavy atom. The molecule has 5 aromatic rings. The number of rotatable bonds is 11. The van der Waals surface area contributed by atoms with Crippen LogP contribution in [0.4, 0.5) is 4.39 Å². The number of hydrogen-bond donors (Lipinski definition) is 1. The van der Waals surface area contributed by atoms with Gasteiger partial charge in [-0.3, -0.25) is 4.79 Å². The minimum atomic E-state index is -0.550. The molecule has 0 amide bonds. The van der Waals surface area contributed by atoms with Crippen molar-refractivity contribution in [2.24, 2.45) is 5.73 Å². The average Bonchev–Trinajstić information content (AvgIpc) is 3.30. The maximum atomic E-state index is 14.5. The zero-order chi connectivity index (χ0) is 26.2. The average molecular weight is 537 g/mol. The van der Waals surface area contributed by atoms with Gasteiger partial charge in [-0.15, -0.1) is 5.10 Å². The summed E-state index contributed by atoms with van der Waals surface area (Å²) >= 11 is 5.91. The Bertz CT molecular complexity index is 1640. The molecule has 0 radical (unpaired) electrons. The Labute approximate surface area is 222 Å². The first-order valence-corrected chi connectivity index (χ1v) is 12.9. The van der Waals surface area contributed by atoms with E-state index in [4.69, 9.17) is 27.1 Å². The molecular weight excluding hydrogens is 511 g/mol. The third-order valence-corrected chi connectivity index (χ3v) is 6.96. The number of halogens is 2. The highest BCUT2D eigenvalue weighted by molar-refractivity contribution is 6.31. The molecule has 6 rings (SSSR count). The van der Waals surface area contributed by atoms with E-state index in [2.05, 4.69) is 27.6 Å². The molecule has 196 valence electrons. The van der Waals surface area contributed by atoms with Crippen LogP contribution in [0, 0.1) is 5.82 Å². The van der Waals surface area contributed by atoms with Gasteiger partial charge in [0.15, 0.2) is 11.6 Å². The molecule has 0 saturated heterocycles. The number of fused-ring (bicyclic) bond motifs is 2. The van der Waals surface area contributed by atoms with Crippen LogP contribution in [0.15, 0.2) is 43.2 Å². The fraction of sp³-hybridized carbons (Fsp3) is 0.346. The van der Waals surface area contributed by atoms with E-state index in [1.807, 2.05) is 10.6 Å². The lowest BCUT2D eigenvalue weighted by Gasteiger charge is -2.08. The molecule has 1 aliphatic rings. The van der Waals surface area contributed by atoms with E-state index in [0.717, 1.165) is 16.9 Å². The van der Waals surface area contributed by atoms with Gasteiger partial charge in [0.25, 0.3) is 0 Å². The molecule has 0 bridgehead atoms. The van der Waals surface area contributed by atoms with Crippen molar-refractivity contribution in [3.8, 4) is 0 Å². The molecule has 0 aliphatic heterocycles. The van der Waals surface area contributed by atoms with E-state index in [1.165, 1.54) is 30.8 Å². The van der Waals surface area contributed by atoms with Crippen LogP contribution in [-0.4, -0.2) is 52.7 Å². The number of hydrogen-bond acceptors (Lipinski definition) is 7. The predicted molar refractivity (Wildman–Crippen MR) is 138 cm³/mol. The van der Waals surface area contributed by atoms with Crippen LogP contribution in [0.5, 0.6) is 0 Å². The van der Waals surface area contributed by atoms with Gasteiger partial charge in [0, 0.05) is 37.1 Å². The topological polar surface area (TPSA) is 118 Å². The third-order valence-electron chi connectivity index (χ3n) is 6.67. The largest absolute Gasteiger partial charge is 0.375 e. The van der Waals surface area contributed by atoms with Crippen LogP contribution in [-0.2, 0) is 24.3 Å². The smallest absolute Gasteiger partial charge is 0.185 e. The van der Waals surface area contributed by atoms with Crippen molar-refractivity contribution in [2.75, 3.05) is 13.2 Å². The number of ketones is 1. The van der Waals surface area contributed by atoms with Crippen molar-refractivity contribution >= 4 is 28.5 Å². The lowest BCUT2D eigenvalue weighted by molar-refractivity contribution is 0.0977. The summed E-state index contributed by atoms with van der Waals surface area (Å²) < 4.78 is 25.3. The van der Waals surface area contributed by atoms with E-state index in [0.29, 0.717) is 37.9 Å². The first-order chi connectivity index (χ1) is 18.5. The molecule has 10 nitrogen and oxygen atoms in total. The van der Waals surface area contributed by atoms with Crippen molar-refractivity contribution in [3.05, 3.63) is 82.3 Å². The molecule has 0 atom stereocenters. The van der Waals surface area contributed by atoms with Gasteiger partial charge in [0.2, 0.25) is 0 Å². The van der Waals surface area contributed by atoms with Crippen LogP contribution in [0.3, 0.4) is 0 Å². The number of aryl methyl sites for hydroxylation is 1. The van der Waals surface area contributed by atoms with Crippen molar-refractivity contribution in [1.82, 2.24) is 33.8 Å². The molecule has 1 aliphatic carbocycles. The molecule has 5 heterocycles. The fourth-order valence-corrected chi connectivity index (χ4v) is 4.77. The summed E-state index contributed by atoms with van der Waals surface area (Å²) in [4.78, 5) is 21.8. The van der Waals surface area contributed by atoms with Crippen molar-refractivity contribution < 1.29 is 13.9 Å². The summed E-state index contributed by atoms with van der Waals surface area (Å²) in [5.41, 5.74) is 10.5. The number of Topliss-reactive ketones (excluding diaryl/α,β-unsaturated/α-hetero) is 1. The lowest BCUT2D eigenvalue weighted by atomic mass is 10.1. The molecule has 38 heavy (non-hydrogen) atoms. The monoisotopic (exact) mass is 536 g/mol. The van der Waals surface area contributed by atoms with E-state index < -0.39 is 5.82 Å². The summed E-state index contributed by atoms with van der Waals surface area (Å²) in [6.45, 7) is 1.76. The maximum absolute atomic E-state index is 14.5. The summed E-state index contributed by atoms with van der Waals surface area (Å²) in [5, 5.41) is 8.19. The second kappa shape index (κ2) is 10.2. The number of ether oxygens (including phenoxy) is 1. The van der Waals surface area contributed by atoms with Crippen LogP contribution in [0.2, 0.25) is 5.02 Å². The Balaban J connectivity index is 1.16. The highest BCUT2D eigenvalue weighted by Crippen LogP contribution is 2.40. The van der Waals surface area contributed by atoms with Crippen molar-refractivity contribution in [3.63, 3.8) is 0 Å². The molecule has 2 N–H and O–H groups in total. The Morgan fingerprint density at radius 1 is 1.24 bits per heavy atom. The van der Waals surface area contributed by atoms with Crippen molar-refractivity contribution in [2.45, 2.75) is 44.8 Å². The highest BCUT2D eigenvalue weighted by Gasteiger charge is 2.25. The minimum absolute atomic E-state index is 0.0134. The van der Waals surface area contributed by atoms with Crippen LogP contribution < -0.4 is 5.73 Å². The van der Waals surface area contributed by atoms with E-state index in [9.17, 15) is 9.18 Å². The van der Waals surface area contributed by atoms with Gasteiger partial charge < -0.3 is 19.3 Å². The second-order valence-electron chi connectivity index (χ2n) is 9.53. The Kier molecular flexibility index (Phi) is 6.64. The van der Waals surface area contributed by atoms with Gasteiger partial charge in [-0.1, -0.05) is 16.8 Å². The molecule has 12 heteroatoms. The third kappa shape index (κ3) is 4.92. The first-order valence-electron chi connectivity index (χ1n) is 12.5. The number of carbonyl (C=O) groups is 1. The van der Waals surface area contributed by atoms with E-state index in [-0.39, 0.29) is 34.9 Å². The SMILES string of the molecule is NCCOCc1cc(C2CC2)cn2cc(Cn3cc(C(=O)CCc4ncn5ccc(Cl)c(F)c45)nn3)nc12. The molecule has 0 unspecified atom stereocenters.